The van der Waals surface area contributed by atoms with Gasteiger partial charge in [0.25, 0.3) is 0 Å². The molecule has 0 aliphatic carbocycles. The van der Waals surface area contributed by atoms with Crippen LogP contribution in [0.2, 0.25) is 5.02 Å². The Morgan fingerprint density at radius 2 is 1.68 bits per heavy atom. The average molecular weight is 516 g/mol. The van der Waals surface area contributed by atoms with Crippen molar-refractivity contribution >= 4 is 29.1 Å². The van der Waals surface area contributed by atoms with E-state index in [0.717, 1.165) is 6.42 Å². The van der Waals surface area contributed by atoms with Gasteiger partial charge in [-0.3, -0.25) is 9.59 Å². The molecule has 188 valence electrons. The number of likely N-dealkylation sites (tertiary alicyclic amines) is 1. The second-order valence-corrected chi connectivity index (χ2v) is 9.45. The van der Waals surface area contributed by atoms with E-state index in [4.69, 9.17) is 16.3 Å². The van der Waals surface area contributed by atoms with Crippen LogP contribution in [0.15, 0.2) is 91.5 Å². The Bertz CT molecular complexity index is 1330. The third-order valence-corrected chi connectivity index (χ3v) is 6.56. The van der Waals surface area contributed by atoms with E-state index in [2.05, 4.69) is 27.5 Å². The highest BCUT2D eigenvalue weighted by molar-refractivity contribution is 6.30. The van der Waals surface area contributed by atoms with Gasteiger partial charge in [0.05, 0.1) is 0 Å². The van der Waals surface area contributed by atoms with Crippen LogP contribution in [0.25, 0.3) is 0 Å². The second kappa shape index (κ2) is 11.3. The Kier molecular flexibility index (Phi) is 7.46. The molecule has 4 aromatic rings. The minimum absolute atomic E-state index is 0.0402. The molecule has 1 fully saturated rings. The summed E-state index contributed by atoms with van der Waals surface area (Å²) in [6.07, 6.45) is 4.27. The van der Waals surface area contributed by atoms with Crippen molar-refractivity contribution < 1.29 is 14.3 Å². The van der Waals surface area contributed by atoms with Crippen molar-refractivity contribution in [3.8, 4) is 11.5 Å². The zero-order chi connectivity index (χ0) is 25.6. The maximum absolute atomic E-state index is 13.4. The number of nitrogens with zero attached hydrogens (tertiary/aromatic N) is 4. The Hall–Kier alpha value is -4.17. The largest absolute Gasteiger partial charge is 0.457 e. The van der Waals surface area contributed by atoms with Gasteiger partial charge in [0.1, 0.15) is 36.7 Å². The summed E-state index contributed by atoms with van der Waals surface area (Å²) in [4.78, 5) is 32.1. The smallest absolute Gasteiger partial charge is 0.247 e. The first kappa shape index (κ1) is 24.5. The molecule has 3 aromatic carbocycles. The van der Waals surface area contributed by atoms with Gasteiger partial charge >= 0.3 is 0 Å². The van der Waals surface area contributed by atoms with Gasteiger partial charge in [-0.25, -0.2) is 9.67 Å². The number of benzene rings is 3. The minimum Gasteiger partial charge on any atom is -0.457 e. The molecule has 2 heterocycles. The Morgan fingerprint density at radius 1 is 0.973 bits per heavy atom. The van der Waals surface area contributed by atoms with Crippen molar-refractivity contribution in [2.24, 2.45) is 5.92 Å². The van der Waals surface area contributed by atoms with Gasteiger partial charge in [0.2, 0.25) is 11.8 Å². The molecular weight excluding hydrogens is 490 g/mol. The molecule has 8 nitrogen and oxygen atoms in total. The Labute approximate surface area is 219 Å². The molecule has 0 bridgehead atoms. The van der Waals surface area contributed by atoms with Crippen LogP contribution in [0.3, 0.4) is 0 Å². The number of carbonyl (C=O) groups excluding carboxylic acids is 2. The molecule has 5 rings (SSSR count). The lowest BCUT2D eigenvalue weighted by atomic mass is 9.96. The number of hydrogen-bond acceptors (Lipinski definition) is 5. The number of carbonyl (C=O) groups is 2. The van der Waals surface area contributed by atoms with E-state index in [-0.39, 0.29) is 24.3 Å². The fourth-order valence-corrected chi connectivity index (χ4v) is 4.68. The summed E-state index contributed by atoms with van der Waals surface area (Å²) >= 11 is 5.92. The molecule has 1 saturated heterocycles. The summed E-state index contributed by atoms with van der Waals surface area (Å²) in [7, 11) is 0. The molecule has 1 aliphatic rings. The van der Waals surface area contributed by atoms with Crippen LogP contribution in [0.4, 0.5) is 5.69 Å². The van der Waals surface area contributed by atoms with Gasteiger partial charge in [-0.1, -0.05) is 41.9 Å². The van der Waals surface area contributed by atoms with Crippen LogP contribution in [-0.2, 0) is 22.6 Å². The van der Waals surface area contributed by atoms with Gasteiger partial charge in [0.15, 0.2) is 0 Å². The molecule has 0 unspecified atom stereocenters. The van der Waals surface area contributed by atoms with Gasteiger partial charge in [-0.05, 0) is 72.9 Å². The van der Waals surface area contributed by atoms with E-state index >= 15 is 0 Å². The third kappa shape index (κ3) is 6.34. The summed E-state index contributed by atoms with van der Waals surface area (Å²) in [5.41, 5.74) is 1.82. The molecule has 0 radical (unpaired) electrons. The summed E-state index contributed by atoms with van der Waals surface area (Å²) < 4.78 is 7.30. The molecular formula is C28H26ClN5O3. The lowest BCUT2D eigenvalue weighted by Gasteiger charge is -2.24. The maximum atomic E-state index is 13.4. The number of rotatable bonds is 8. The normalized spacial score (nSPS) is 16.9. The number of halogens is 1. The van der Waals surface area contributed by atoms with Crippen LogP contribution in [-0.4, -0.2) is 44.1 Å². The Balaban J connectivity index is 1.26. The summed E-state index contributed by atoms with van der Waals surface area (Å²) in [5, 5.41) is 7.64. The average Bonchev–Trinajstić information content (AvgIpc) is 3.57. The van der Waals surface area contributed by atoms with Crippen molar-refractivity contribution in [2.75, 3.05) is 11.9 Å². The van der Waals surface area contributed by atoms with E-state index in [1.54, 1.807) is 53.4 Å². The molecule has 37 heavy (non-hydrogen) atoms. The van der Waals surface area contributed by atoms with Gasteiger partial charge in [0, 0.05) is 17.3 Å². The maximum Gasteiger partial charge on any atom is 0.247 e. The van der Waals surface area contributed by atoms with E-state index in [0.29, 0.717) is 35.2 Å². The summed E-state index contributed by atoms with van der Waals surface area (Å²) in [5.74, 6) is 1.10. The zero-order valence-corrected chi connectivity index (χ0v) is 20.8. The highest BCUT2D eigenvalue weighted by atomic mass is 35.5. The second-order valence-electron chi connectivity index (χ2n) is 9.02. The molecule has 9 heteroatoms. The number of hydrogen-bond donors (Lipinski definition) is 1. The van der Waals surface area contributed by atoms with Crippen LogP contribution in [0.5, 0.6) is 11.5 Å². The standard InChI is InChI=1S/C28H26ClN5O3/c29-22-6-10-24(11-7-22)37-25-12-8-23(9-13-25)32-28(36)26-15-21(14-20-4-2-1-3-5-20)16-34(26)27(35)17-33-19-30-18-31-33/h1-13,18-19,21,26H,14-17H2,(H,32,36)/t21-,26-/m1/s1. The van der Waals surface area contributed by atoms with Crippen molar-refractivity contribution in [1.82, 2.24) is 19.7 Å². The van der Waals surface area contributed by atoms with E-state index in [1.165, 1.54) is 22.9 Å². The van der Waals surface area contributed by atoms with Crippen LogP contribution in [0.1, 0.15) is 12.0 Å². The van der Waals surface area contributed by atoms with Crippen molar-refractivity contribution in [3.63, 3.8) is 0 Å². The van der Waals surface area contributed by atoms with Crippen LogP contribution < -0.4 is 10.1 Å². The molecule has 1 aliphatic heterocycles. The predicted octanol–water partition coefficient (Wildman–Crippen LogP) is 4.82. The van der Waals surface area contributed by atoms with Crippen molar-refractivity contribution in [2.45, 2.75) is 25.4 Å². The molecule has 0 spiro atoms. The zero-order valence-electron chi connectivity index (χ0n) is 20.0. The summed E-state index contributed by atoms with van der Waals surface area (Å²) in [6, 6.07) is 23.8. The molecule has 1 aromatic heterocycles. The number of aromatic nitrogens is 3. The summed E-state index contributed by atoms with van der Waals surface area (Å²) in [6.45, 7) is 0.549. The molecule has 2 atom stereocenters. The van der Waals surface area contributed by atoms with Crippen molar-refractivity contribution in [3.05, 3.63) is 102 Å². The van der Waals surface area contributed by atoms with E-state index in [9.17, 15) is 9.59 Å². The highest BCUT2D eigenvalue weighted by Crippen LogP contribution is 2.29. The monoisotopic (exact) mass is 515 g/mol. The molecule has 2 amide bonds. The van der Waals surface area contributed by atoms with Gasteiger partial charge < -0.3 is 15.0 Å². The predicted molar refractivity (Wildman–Crippen MR) is 140 cm³/mol. The van der Waals surface area contributed by atoms with E-state index in [1.807, 2.05) is 18.2 Å². The lowest BCUT2D eigenvalue weighted by Crippen LogP contribution is -2.44. The minimum atomic E-state index is -0.574. The number of ether oxygens (including phenoxy) is 1. The van der Waals surface area contributed by atoms with Crippen molar-refractivity contribution in [1.29, 1.82) is 0 Å². The fourth-order valence-electron chi connectivity index (χ4n) is 4.56. The first-order valence-electron chi connectivity index (χ1n) is 12.0. The Morgan fingerprint density at radius 3 is 2.35 bits per heavy atom. The number of anilines is 1. The quantitative estimate of drug-likeness (QED) is 0.363. The molecule has 1 N–H and O–H groups in total. The number of nitrogens with one attached hydrogen (secondary N) is 1. The van der Waals surface area contributed by atoms with Gasteiger partial charge in [-0.2, -0.15) is 5.10 Å². The first-order chi connectivity index (χ1) is 18.0. The first-order valence-corrected chi connectivity index (χ1v) is 12.4. The van der Waals surface area contributed by atoms with Gasteiger partial charge in [-0.15, -0.1) is 0 Å². The fraction of sp³-hybridized carbons (Fsp3) is 0.214. The topological polar surface area (TPSA) is 89.4 Å². The van der Waals surface area contributed by atoms with E-state index < -0.39 is 6.04 Å². The molecule has 0 saturated carbocycles. The highest BCUT2D eigenvalue weighted by Gasteiger charge is 2.39. The third-order valence-electron chi connectivity index (χ3n) is 6.31. The lowest BCUT2D eigenvalue weighted by molar-refractivity contribution is -0.137. The van der Waals surface area contributed by atoms with Crippen LogP contribution >= 0.6 is 11.6 Å². The SMILES string of the molecule is O=C(Nc1ccc(Oc2ccc(Cl)cc2)cc1)[C@H]1C[C@@H](Cc2ccccc2)CN1C(=O)Cn1cncn1. The number of amides is 2. The van der Waals surface area contributed by atoms with Crippen LogP contribution in [0, 0.1) is 5.92 Å².